The van der Waals surface area contributed by atoms with Crippen LogP contribution in [0, 0.1) is 0 Å². The molecule has 2 aromatic rings. The summed E-state index contributed by atoms with van der Waals surface area (Å²) in [6, 6.07) is 8.01. The molecule has 0 amide bonds. The molecule has 0 aliphatic rings. The van der Waals surface area contributed by atoms with E-state index in [4.69, 9.17) is 9.84 Å². The van der Waals surface area contributed by atoms with Gasteiger partial charge < -0.3 is 9.84 Å². The molecule has 0 aliphatic heterocycles. The van der Waals surface area contributed by atoms with Gasteiger partial charge in [0.1, 0.15) is 12.4 Å². The van der Waals surface area contributed by atoms with E-state index in [-0.39, 0.29) is 12.2 Å². The van der Waals surface area contributed by atoms with Gasteiger partial charge in [-0.15, -0.1) is 0 Å². The second kappa shape index (κ2) is 5.07. The predicted octanol–water partition coefficient (Wildman–Crippen LogP) is 1.75. The van der Waals surface area contributed by atoms with Gasteiger partial charge in [-0.3, -0.25) is 0 Å². The minimum absolute atomic E-state index is 0.191. The van der Waals surface area contributed by atoms with E-state index >= 15 is 0 Å². The average molecular weight is 230 g/mol. The highest BCUT2D eigenvalue weighted by Crippen LogP contribution is 2.14. The molecule has 5 heteroatoms. The summed E-state index contributed by atoms with van der Waals surface area (Å²) >= 11 is 0. The lowest BCUT2D eigenvalue weighted by Crippen LogP contribution is -2.01. The van der Waals surface area contributed by atoms with Gasteiger partial charge in [0.05, 0.1) is 5.56 Å². The summed E-state index contributed by atoms with van der Waals surface area (Å²) in [5, 5.41) is 8.81. The SMILES string of the molecule is O=C(O)c1cccc(OCc2ncccn2)c1. The van der Waals surface area contributed by atoms with Crippen LogP contribution in [-0.4, -0.2) is 21.0 Å². The standard InChI is InChI=1S/C12H10N2O3/c15-12(16)9-3-1-4-10(7-9)17-8-11-13-5-2-6-14-11/h1-7H,8H2,(H,15,16). The number of aromatic nitrogens is 2. The molecule has 0 radical (unpaired) electrons. The van der Waals surface area contributed by atoms with Crippen molar-refractivity contribution in [1.29, 1.82) is 0 Å². The lowest BCUT2D eigenvalue weighted by molar-refractivity contribution is 0.0696. The summed E-state index contributed by atoms with van der Waals surface area (Å²) in [7, 11) is 0. The van der Waals surface area contributed by atoms with Gasteiger partial charge >= 0.3 is 5.97 Å². The Morgan fingerprint density at radius 2 is 2.00 bits per heavy atom. The van der Waals surface area contributed by atoms with Gasteiger partial charge in [-0.2, -0.15) is 0 Å². The van der Waals surface area contributed by atoms with Crippen molar-refractivity contribution in [2.75, 3.05) is 0 Å². The van der Waals surface area contributed by atoms with E-state index < -0.39 is 5.97 Å². The highest BCUT2D eigenvalue weighted by molar-refractivity contribution is 5.87. The first kappa shape index (κ1) is 11.1. The van der Waals surface area contributed by atoms with Gasteiger partial charge in [0.15, 0.2) is 5.82 Å². The molecule has 1 N–H and O–H groups in total. The largest absolute Gasteiger partial charge is 0.486 e. The third-order valence-corrected chi connectivity index (χ3v) is 2.07. The van der Waals surface area contributed by atoms with Gasteiger partial charge in [0.25, 0.3) is 0 Å². The monoisotopic (exact) mass is 230 g/mol. The number of hydrogen-bond donors (Lipinski definition) is 1. The van der Waals surface area contributed by atoms with E-state index in [9.17, 15) is 4.79 Å². The molecule has 1 aromatic carbocycles. The lowest BCUT2D eigenvalue weighted by atomic mass is 10.2. The summed E-state index contributed by atoms with van der Waals surface area (Å²) in [6.07, 6.45) is 3.25. The third-order valence-electron chi connectivity index (χ3n) is 2.07. The molecule has 5 nitrogen and oxygen atoms in total. The van der Waals surface area contributed by atoms with E-state index in [1.54, 1.807) is 30.6 Å². The van der Waals surface area contributed by atoms with Crippen LogP contribution in [0.4, 0.5) is 0 Å². The normalized spacial score (nSPS) is 9.88. The zero-order chi connectivity index (χ0) is 12.1. The highest BCUT2D eigenvalue weighted by Gasteiger charge is 2.04. The van der Waals surface area contributed by atoms with Gasteiger partial charge in [0.2, 0.25) is 0 Å². The minimum Gasteiger partial charge on any atom is -0.486 e. The maximum atomic E-state index is 10.7. The Hall–Kier alpha value is -2.43. The van der Waals surface area contributed by atoms with Gasteiger partial charge in [-0.05, 0) is 24.3 Å². The van der Waals surface area contributed by atoms with Crippen molar-refractivity contribution in [3.05, 3.63) is 54.1 Å². The summed E-state index contributed by atoms with van der Waals surface area (Å²) < 4.78 is 5.39. The topological polar surface area (TPSA) is 72.3 Å². The molecule has 86 valence electrons. The van der Waals surface area contributed by atoms with Crippen molar-refractivity contribution >= 4 is 5.97 Å². The maximum absolute atomic E-state index is 10.7. The van der Waals surface area contributed by atoms with Crippen molar-refractivity contribution < 1.29 is 14.6 Å². The first-order chi connectivity index (χ1) is 8.25. The maximum Gasteiger partial charge on any atom is 0.335 e. The number of carboxylic acid groups (broad SMARTS) is 1. The summed E-state index contributed by atoms with van der Waals surface area (Å²) in [4.78, 5) is 18.7. The Labute approximate surface area is 97.7 Å². The van der Waals surface area contributed by atoms with Crippen LogP contribution in [0.25, 0.3) is 0 Å². The first-order valence-corrected chi connectivity index (χ1v) is 4.98. The molecule has 2 rings (SSSR count). The minimum atomic E-state index is -0.980. The lowest BCUT2D eigenvalue weighted by Gasteiger charge is -2.05. The Morgan fingerprint density at radius 1 is 1.24 bits per heavy atom. The van der Waals surface area contributed by atoms with E-state index in [2.05, 4.69) is 9.97 Å². The summed E-state index contributed by atoms with van der Waals surface area (Å²) in [5.74, 6) is 0.0528. The Morgan fingerprint density at radius 3 is 2.71 bits per heavy atom. The fraction of sp³-hybridized carbons (Fsp3) is 0.0833. The van der Waals surface area contributed by atoms with Crippen LogP contribution in [0.2, 0.25) is 0 Å². The third kappa shape index (κ3) is 3.01. The van der Waals surface area contributed by atoms with Gasteiger partial charge in [0, 0.05) is 12.4 Å². The van der Waals surface area contributed by atoms with Crippen molar-refractivity contribution in [1.82, 2.24) is 9.97 Å². The number of rotatable bonds is 4. The Balaban J connectivity index is 2.04. The van der Waals surface area contributed by atoms with E-state index in [0.717, 1.165) is 0 Å². The van der Waals surface area contributed by atoms with E-state index in [1.165, 1.54) is 12.1 Å². The average Bonchev–Trinajstić information content (AvgIpc) is 2.38. The van der Waals surface area contributed by atoms with E-state index in [1.807, 2.05) is 0 Å². The molecular weight excluding hydrogens is 220 g/mol. The molecule has 0 atom stereocenters. The molecule has 0 aliphatic carbocycles. The number of hydrogen-bond acceptors (Lipinski definition) is 4. The molecule has 17 heavy (non-hydrogen) atoms. The highest BCUT2D eigenvalue weighted by atomic mass is 16.5. The number of ether oxygens (including phenoxy) is 1. The van der Waals surface area contributed by atoms with Crippen LogP contribution in [0.15, 0.2) is 42.7 Å². The molecule has 1 heterocycles. The fourth-order valence-electron chi connectivity index (χ4n) is 1.27. The number of carbonyl (C=O) groups is 1. The van der Waals surface area contributed by atoms with E-state index in [0.29, 0.717) is 11.6 Å². The van der Waals surface area contributed by atoms with Crippen molar-refractivity contribution in [3.63, 3.8) is 0 Å². The van der Waals surface area contributed by atoms with Crippen LogP contribution in [0.1, 0.15) is 16.2 Å². The van der Waals surface area contributed by atoms with Crippen LogP contribution < -0.4 is 4.74 Å². The predicted molar refractivity (Wildman–Crippen MR) is 59.8 cm³/mol. The van der Waals surface area contributed by atoms with Crippen molar-refractivity contribution in [2.45, 2.75) is 6.61 Å². The second-order valence-electron chi connectivity index (χ2n) is 3.29. The smallest absolute Gasteiger partial charge is 0.335 e. The van der Waals surface area contributed by atoms with Crippen LogP contribution in [-0.2, 0) is 6.61 Å². The van der Waals surface area contributed by atoms with Crippen molar-refractivity contribution in [2.24, 2.45) is 0 Å². The van der Waals surface area contributed by atoms with Crippen LogP contribution in [0.3, 0.4) is 0 Å². The molecule has 0 unspecified atom stereocenters. The number of nitrogens with zero attached hydrogens (tertiary/aromatic N) is 2. The molecule has 0 spiro atoms. The van der Waals surface area contributed by atoms with Crippen LogP contribution >= 0.6 is 0 Å². The Kier molecular flexibility index (Phi) is 3.30. The second-order valence-corrected chi connectivity index (χ2v) is 3.29. The molecule has 1 aromatic heterocycles. The number of carboxylic acids is 1. The van der Waals surface area contributed by atoms with Crippen LogP contribution in [0.5, 0.6) is 5.75 Å². The quantitative estimate of drug-likeness (QED) is 0.866. The summed E-state index contributed by atoms with van der Waals surface area (Å²) in [5.41, 5.74) is 0.191. The molecule has 0 saturated heterocycles. The molecule has 0 bridgehead atoms. The molecular formula is C12H10N2O3. The first-order valence-electron chi connectivity index (χ1n) is 4.98. The van der Waals surface area contributed by atoms with Gasteiger partial charge in [-0.25, -0.2) is 14.8 Å². The number of aromatic carboxylic acids is 1. The molecule has 0 fully saturated rings. The summed E-state index contributed by atoms with van der Waals surface area (Å²) in [6.45, 7) is 0.212. The number of benzene rings is 1. The Bertz CT molecular complexity index is 514. The molecule has 0 saturated carbocycles. The van der Waals surface area contributed by atoms with Crippen molar-refractivity contribution in [3.8, 4) is 5.75 Å². The zero-order valence-electron chi connectivity index (χ0n) is 8.91. The van der Waals surface area contributed by atoms with Gasteiger partial charge in [-0.1, -0.05) is 6.07 Å². The zero-order valence-corrected chi connectivity index (χ0v) is 8.91. The fourth-order valence-corrected chi connectivity index (χ4v) is 1.27.